The molecule has 0 saturated heterocycles. The minimum Gasteiger partial charge on any atom is -0.324 e. The van der Waals surface area contributed by atoms with E-state index in [4.69, 9.17) is 0 Å². The van der Waals surface area contributed by atoms with Gasteiger partial charge in [-0.2, -0.15) is 0 Å². The summed E-state index contributed by atoms with van der Waals surface area (Å²) in [4.78, 5) is 13.2. The maximum absolute atomic E-state index is 13.5. The molecule has 0 bridgehead atoms. The highest BCUT2D eigenvalue weighted by molar-refractivity contribution is 7.92. The first-order valence-electron chi connectivity index (χ1n) is 10.8. The number of nitrogens with one attached hydrogen (secondary N) is 1. The van der Waals surface area contributed by atoms with Crippen LogP contribution in [0.4, 0.5) is 11.4 Å². The highest BCUT2D eigenvalue weighted by Crippen LogP contribution is 2.27. The number of fused-ring (bicyclic) bond motifs is 1. The van der Waals surface area contributed by atoms with Gasteiger partial charge in [-0.25, -0.2) is 8.42 Å². The van der Waals surface area contributed by atoms with E-state index < -0.39 is 15.9 Å². The van der Waals surface area contributed by atoms with Crippen molar-refractivity contribution in [3.63, 3.8) is 0 Å². The van der Waals surface area contributed by atoms with Crippen LogP contribution in [0.2, 0.25) is 0 Å². The van der Waals surface area contributed by atoms with Gasteiger partial charge in [-0.1, -0.05) is 80.6 Å². The van der Waals surface area contributed by atoms with Gasteiger partial charge in [-0.15, -0.1) is 0 Å². The van der Waals surface area contributed by atoms with Crippen molar-refractivity contribution in [2.75, 3.05) is 16.2 Å². The van der Waals surface area contributed by atoms with Crippen molar-refractivity contribution in [2.24, 2.45) is 0 Å². The molecule has 0 radical (unpaired) electrons. The first-order chi connectivity index (χ1) is 15.9. The van der Waals surface area contributed by atoms with Crippen LogP contribution in [0.15, 0.2) is 102 Å². The van der Waals surface area contributed by atoms with Gasteiger partial charge in [-0.3, -0.25) is 9.10 Å². The predicted octanol–water partition coefficient (Wildman–Crippen LogP) is 5.80. The van der Waals surface area contributed by atoms with Crippen molar-refractivity contribution in [3.8, 4) is 0 Å². The summed E-state index contributed by atoms with van der Waals surface area (Å²) >= 11 is 0. The lowest BCUT2D eigenvalue weighted by Gasteiger charge is -2.24. The van der Waals surface area contributed by atoms with Crippen LogP contribution in [0.3, 0.4) is 0 Å². The molecule has 6 heteroatoms. The first kappa shape index (κ1) is 22.6. The van der Waals surface area contributed by atoms with E-state index in [1.165, 1.54) is 12.1 Å². The number of benzene rings is 4. The lowest BCUT2D eigenvalue weighted by Crippen LogP contribution is -2.38. The van der Waals surface area contributed by atoms with Crippen molar-refractivity contribution >= 4 is 38.1 Å². The summed E-state index contributed by atoms with van der Waals surface area (Å²) in [5.41, 5.74) is 2.18. The molecule has 0 aliphatic heterocycles. The van der Waals surface area contributed by atoms with Crippen LogP contribution in [0.5, 0.6) is 0 Å². The Morgan fingerprint density at radius 1 is 0.818 bits per heavy atom. The molecule has 33 heavy (non-hydrogen) atoms. The third-order valence-corrected chi connectivity index (χ3v) is 7.32. The number of carbonyl (C=O) groups excluding carboxylic acids is 1. The fraction of sp³-hybridized carbons (Fsp3) is 0.148. The maximum atomic E-state index is 13.5. The zero-order chi connectivity index (χ0) is 23.4. The minimum atomic E-state index is -3.94. The fourth-order valence-corrected chi connectivity index (χ4v) is 5.16. The van der Waals surface area contributed by atoms with Gasteiger partial charge in [0.05, 0.1) is 10.6 Å². The smallest absolute Gasteiger partial charge is 0.264 e. The Balaban J connectivity index is 1.68. The van der Waals surface area contributed by atoms with Crippen molar-refractivity contribution in [1.29, 1.82) is 0 Å². The van der Waals surface area contributed by atoms with Crippen LogP contribution in [-0.2, 0) is 14.8 Å². The van der Waals surface area contributed by atoms with E-state index in [0.29, 0.717) is 17.3 Å². The van der Waals surface area contributed by atoms with Crippen molar-refractivity contribution in [3.05, 3.63) is 103 Å². The molecule has 0 heterocycles. The average Bonchev–Trinajstić information content (AvgIpc) is 2.83. The molecule has 0 aromatic heterocycles. The summed E-state index contributed by atoms with van der Waals surface area (Å²) < 4.78 is 28.2. The summed E-state index contributed by atoms with van der Waals surface area (Å²) in [6, 6.07) is 28.8. The summed E-state index contributed by atoms with van der Waals surface area (Å²) in [5, 5.41) is 4.78. The third-order valence-electron chi connectivity index (χ3n) is 5.53. The van der Waals surface area contributed by atoms with E-state index in [1.807, 2.05) is 54.6 Å². The number of hydrogen-bond donors (Lipinski definition) is 1. The normalized spacial score (nSPS) is 11.5. The quantitative estimate of drug-likeness (QED) is 0.381. The van der Waals surface area contributed by atoms with Crippen molar-refractivity contribution < 1.29 is 13.2 Å². The van der Waals surface area contributed by atoms with Crippen LogP contribution in [0.25, 0.3) is 10.8 Å². The SMILES string of the molecule is CC(C)c1ccc(N(CC(=O)Nc2cccc3ccccc23)S(=O)(=O)c2ccccc2)cc1. The molecule has 0 aliphatic carbocycles. The number of nitrogens with zero attached hydrogens (tertiary/aromatic N) is 1. The molecule has 0 unspecified atom stereocenters. The Bertz CT molecular complexity index is 1360. The Hall–Kier alpha value is -3.64. The highest BCUT2D eigenvalue weighted by Gasteiger charge is 2.27. The van der Waals surface area contributed by atoms with Gasteiger partial charge in [-0.05, 0) is 47.2 Å². The summed E-state index contributed by atoms with van der Waals surface area (Å²) in [6.07, 6.45) is 0. The fourth-order valence-electron chi connectivity index (χ4n) is 3.71. The van der Waals surface area contributed by atoms with Crippen molar-refractivity contribution in [2.45, 2.75) is 24.7 Å². The standard InChI is InChI=1S/C27H26N2O3S/c1-20(2)21-15-17-23(18-16-21)29(33(31,32)24-11-4-3-5-12-24)19-27(30)28-26-14-8-10-22-9-6-7-13-25(22)26/h3-18,20H,19H2,1-2H3,(H,28,30). The first-order valence-corrected chi connectivity index (χ1v) is 12.3. The van der Waals surface area contributed by atoms with Gasteiger partial charge in [0.15, 0.2) is 0 Å². The van der Waals surface area contributed by atoms with Crippen LogP contribution in [-0.4, -0.2) is 20.9 Å². The molecule has 0 fully saturated rings. The molecule has 5 nitrogen and oxygen atoms in total. The molecule has 0 saturated carbocycles. The molecule has 0 spiro atoms. The summed E-state index contributed by atoms with van der Waals surface area (Å²) in [5.74, 6) is -0.105. The molecule has 4 aromatic rings. The number of anilines is 2. The summed E-state index contributed by atoms with van der Waals surface area (Å²) in [6.45, 7) is 3.80. The maximum Gasteiger partial charge on any atom is 0.264 e. The number of carbonyl (C=O) groups is 1. The van der Waals surface area contributed by atoms with Crippen molar-refractivity contribution in [1.82, 2.24) is 0 Å². The Morgan fingerprint density at radius 2 is 1.45 bits per heavy atom. The zero-order valence-corrected chi connectivity index (χ0v) is 19.4. The molecule has 0 atom stereocenters. The average molecular weight is 459 g/mol. The van der Waals surface area contributed by atoms with E-state index in [-0.39, 0.29) is 11.4 Å². The van der Waals surface area contributed by atoms with E-state index in [2.05, 4.69) is 19.2 Å². The molecule has 4 aromatic carbocycles. The van der Waals surface area contributed by atoms with Crippen LogP contribution in [0, 0.1) is 0 Å². The Kier molecular flexibility index (Phi) is 6.47. The molecule has 1 N–H and O–H groups in total. The van der Waals surface area contributed by atoms with Gasteiger partial charge in [0.25, 0.3) is 10.0 Å². The van der Waals surface area contributed by atoms with Gasteiger partial charge >= 0.3 is 0 Å². The Morgan fingerprint density at radius 3 is 2.15 bits per heavy atom. The lowest BCUT2D eigenvalue weighted by atomic mass is 10.0. The second kappa shape index (κ2) is 9.46. The summed E-state index contributed by atoms with van der Waals surface area (Å²) in [7, 11) is -3.94. The Labute approximate surface area is 194 Å². The van der Waals surface area contributed by atoms with E-state index in [1.54, 1.807) is 30.3 Å². The van der Waals surface area contributed by atoms with Crippen LogP contribution in [0.1, 0.15) is 25.3 Å². The predicted molar refractivity (Wildman–Crippen MR) is 134 cm³/mol. The monoisotopic (exact) mass is 458 g/mol. The number of sulfonamides is 1. The topological polar surface area (TPSA) is 66.5 Å². The van der Waals surface area contributed by atoms with Gasteiger partial charge in [0, 0.05) is 11.1 Å². The molecule has 0 aliphatic rings. The van der Waals surface area contributed by atoms with E-state index in [9.17, 15) is 13.2 Å². The number of rotatable bonds is 7. The van der Waals surface area contributed by atoms with Crippen LogP contribution >= 0.6 is 0 Å². The van der Waals surface area contributed by atoms with E-state index in [0.717, 1.165) is 20.6 Å². The minimum absolute atomic E-state index is 0.135. The van der Waals surface area contributed by atoms with Gasteiger partial charge in [0.2, 0.25) is 5.91 Å². The lowest BCUT2D eigenvalue weighted by molar-refractivity contribution is -0.114. The molecule has 1 amide bonds. The number of amides is 1. The van der Waals surface area contributed by atoms with E-state index >= 15 is 0 Å². The highest BCUT2D eigenvalue weighted by atomic mass is 32.2. The van der Waals surface area contributed by atoms with Crippen LogP contribution < -0.4 is 9.62 Å². The largest absolute Gasteiger partial charge is 0.324 e. The molecule has 4 rings (SSSR count). The third kappa shape index (κ3) is 4.91. The second-order valence-corrected chi connectivity index (χ2v) is 10.0. The molecule has 168 valence electrons. The zero-order valence-electron chi connectivity index (χ0n) is 18.6. The van der Waals surface area contributed by atoms with Gasteiger partial charge in [0.1, 0.15) is 6.54 Å². The number of hydrogen-bond acceptors (Lipinski definition) is 3. The molecular weight excluding hydrogens is 432 g/mol. The second-order valence-electron chi connectivity index (χ2n) is 8.15. The molecular formula is C27H26N2O3S. The van der Waals surface area contributed by atoms with Gasteiger partial charge < -0.3 is 5.32 Å².